The summed E-state index contributed by atoms with van der Waals surface area (Å²) in [5.41, 5.74) is 9.20. The van der Waals surface area contributed by atoms with Gasteiger partial charge in [-0.2, -0.15) is 11.8 Å². The standard InChI is InChI=1S/C18H29N3OS/c1-3-21(4-2)10-11-23-13-18(22)20-17-7-5-6-14-12-15(19)8-9-16(14)17/h8-9,12,17H,3-7,10-11,13,19H2,1-2H3,(H,20,22). The Morgan fingerprint density at radius 2 is 2.17 bits per heavy atom. The average molecular weight is 336 g/mol. The average Bonchev–Trinajstić information content (AvgIpc) is 2.55. The zero-order chi connectivity index (χ0) is 16.7. The molecule has 128 valence electrons. The number of nitrogens with one attached hydrogen (secondary N) is 1. The van der Waals surface area contributed by atoms with E-state index in [2.05, 4.69) is 30.1 Å². The number of nitrogens with zero attached hydrogens (tertiary/aromatic N) is 1. The molecule has 0 saturated carbocycles. The van der Waals surface area contributed by atoms with Crippen molar-refractivity contribution in [2.24, 2.45) is 0 Å². The highest BCUT2D eigenvalue weighted by Gasteiger charge is 2.21. The molecule has 3 N–H and O–H groups in total. The first kappa shape index (κ1) is 18.1. The molecular weight excluding hydrogens is 306 g/mol. The van der Waals surface area contributed by atoms with Gasteiger partial charge in [-0.05, 0) is 55.6 Å². The van der Waals surface area contributed by atoms with E-state index >= 15 is 0 Å². The number of nitrogen functional groups attached to an aromatic ring is 1. The lowest BCUT2D eigenvalue weighted by molar-refractivity contribution is -0.119. The normalized spacial score (nSPS) is 17.1. The molecule has 4 nitrogen and oxygen atoms in total. The van der Waals surface area contributed by atoms with Gasteiger partial charge in [0, 0.05) is 18.0 Å². The summed E-state index contributed by atoms with van der Waals surface area (Å²) in [6.45, 7) is 7.55. The van der Waals surface area contributed by atoms with Crippen LogP contribution in [0.3, 0.4) is 0 Å². The van der Waals surface area contributed by atoms with E-state index in [-0.39, 0.29) is 11.9 Å². The van der Waals surface area contributed by atoms with E-state index in [1.807, 2.05) is 12.1 Å². The van der Waals surface area contributed by atoms with Gasteiger partial charge in [-0.15, -0.1) is 0 Å². The van der Waals surface area contributed by atoms with Crippen molar-refractivity contribution in [1.82, 2.24) is 10.2 Å². The number of aryl methyl sites for hydroxylation is 1. The summed E-state index contributed by atoms with van der Waals surface area (Å²) >= 11 is 1.72. The molecule has 0 heterocycles. The largest absolute Gasteiger partial charge is 0.399 e. The molecule has 1 atom stereocenters. The molecule has 0 radical (unpaired) electrons. The van der Waals surface area contributed by atoms with Crippen LogP contribution >= 0.6 is 11.8 Å². The molecule has 1 aliphatic rings. The van der Waals surface area contributed by atoms with Crippen LogP contribution < -0.4 is 11.1 Å². The predicted molar refractivity (Wildman–Crippen MR) is 99.8 cm³/mol. The molecule has 1 amide bonds. The Bertz CT molecular complexity index is 517. The first-order valence-electron chi connectivity index (χ1n) is 8.61. The third-order valence-electron chi connectivity index (χ3n) is 4.50. The number of hydrogen-bond donors (Lipinski definition) is 2. The molecule has 1 aromatic carbocycles. The number of fused-ring (bicyclic) bond motifs is 1. The second-order valence-electron chi connectivity index (χ2n) is 6.05. The van der Waals surface area contributed by atoms with E-state index in [1.165, 1.54) is 11.1 Å². The van der Waals surface area contributed by atoms with Gasteiger partial charge in [-0.25, -0.2) is 0 Å². The van der Waals surface area contributed by atoms with Crippen LogP contribution in [0.25, 0.3) is 0 Å². The maximum absolute atomic E-state index is 12.2. The molecule has 23 heavy (non-hydrogen) atoms. The van der Waals surface area contributed by atoms with Crippen molar-refractivity contribution >= 4 is 23.4 Å². The summed E-state index contributed by atoms with van der Waals surface area (Å²) in [6, 6.07) is 6.20. The van der Waals surface area contributed by atoms with Crippen molar-refractivity contribution in [3.8, 4) is 0 Å². The molecular formula is C18H29N3OS. The summed E-state index contributed by atoms with van der Waals surface area (Å²) in [5, 5.41) is 3.20. The second kappa shape index (κ2) is 9.18. The summed E-state index contributed by atoms with van der Waals surface area (Å²) in [6.07, 6.45) is 3.19. The van der Waals surface area contributed by atoms with Crippen LogP contribution in [0.15, 0.2) is 18.2 Å². The number of benzene rings is 1. The number of anilines is 1. The smallest absolute Gasteiger partial charge is 0.230 e. The lowest BCUT2D eigenvalue weighted by Crippen LogP contribution is -2.32. The minimum absolute atomic E-state index is 0.143. The van der Waals surface area contributed by atoms with Crippen LogP contribution in [0.2, 0.25) is 0 Å². The van der Waals surface area contributed by atoms with Crippen molar-refractivity contribution < 1.29 is 4.79 Å². The van der Waals surface area contributed by atoms with E-state index in [1.54, 1.807) is 11.8 Å². The quantitative estimate of drug-likeness (QED) is 0.566. The first-order chi connectivity index (χ1) is 11.1. The molecule has 2 rings (SSSR count). The minimum atomic E-state index is 0.143. The molecule has 0 bridgehead atoms. The Labute approximate surface area is 144 Å². The molecule has 5 heteroatoms. The number of amides is 1. The molecule has 0 spiro atoms. The van der Waals surface area contributed by atoms with Gasteiger partial charge in [0.2, 0.25) is 5.91 Å². The zero-order valence-electron chi connectivity index (χ0n) is 14.3. The zero-order valence-corrected chi connectivity index (χ0v) is 15.1. The summed E-state index contributed by atoms with van der Waals surface area (Å²) in [4.78, 5) is 14.6. The number of thioether (sulfide) groups is 1. The number of rotatable bonds is 8. The van der Waals surface area contributed by atoms with Crippen molar-refractivity contribution in [1.29, 1.82) is 0 Å². The van der Waals surface area contributed by atoms with Gasteiger partial charge in [0.1, 0.15) is 0 Å². The first-order valence-corrected chi connectivity index (χ1v) is 9.77. The van der Waals surface area contributed by atoms with Gasteiger partial charge in [0.15, 0.2) is 0 Å². The highest BCUT2D eigenvalue weighted by Crippen LogP contribution is 2.30. The van der Waals surface area contributed by atoms with Gasteiger partial charge in [0.25, 0.3) is 0 Å². The SMILES string of the molecule is CCN(CC)CCSCC(=O)NC1CCCc2cc(N)ccc21. The lowest BCUT2D eigenvalue weighted by Gasteiger charge is -2.26. The molecule has 1 aliphatic carbocycles. The van der Waals surface area contributed by atoms with Crippen LogP contribution in [-0.2, 0) is 11.2 Å². The van der Waals surface area contributed by atoms with Gasteiger partial charge in [0.05, 0.1) is 11.8 Å². The Kier molecular flexibility index (Phi) is 7.24. The highest BCUT2D eigenvalue weighted by atomic mass is 32.2. The van der Waals surface area contributed by atoms with E-state index < -0.39 is 0 Å². The molecule has 0 aromatic heterocycles. The predicted octanol–water partition coefficient (Wildman–Crippen LogP) is 2.84. The van der Waals surface area contributed by atoms with E-state index in [4.69, 9.17) is 5.73 Å². The fourth-order valence-corrected chi connectivity index (χ4v) is 3.92. The van der Waals surface area contributed by atoms with E-state index in [9.17, 15) is 4.79 Å². The topological polar surface area (TPSA) is 58.4 Å². The third kappa shape index (κ3) is 5.43. The Hall–Kier alpha value is -1.20. The van der Waals surface area contributed by atoms with Crippen molar-refractivity contribution in [2.45, 2.75) is 39.2 Å². The molecule has 1 aromatic rings. The minimum Gasteiger partial charge on any atom is -0.399 e. The maximum Gasteiger partial charge on any atom is 0.230 e. The van der Waals surface area contributed by atoms with Crippen LogP contribution in [-0.4, -0.2) is 41.9 Å². The van der Waals surface area contributed by atoms with Crippen LogP contribution in [0.1, 0.15) is 43.9 Å². The van der Waals surface area contributed by atoms with Gasteiger partial charge in [-0.3, -0.25) is 4.79 Å². The van der Waals surface area contributed by atoms with Gasteiger partial charge < -0.3 is 16.0 Å². The Morgan fingerprint density at radius 1 is 1.39 bits per heavy atom. The summed E-state index contributed by atoms with van der Waals surface area (Å²) < 4.78 is 0. The van der Waals surface area contributed by atoms with Crippen LogP contribution in [0.4, 0.5) is 5.69 Å². The van der Waals surface area contributed by atoms with Crippen LogP contribution in [0, 0.1) is 0 Å². The summed E-state index contributed by atoms with van der Waals surface area (Å²) in [5.74, 6) is 1.69. The highest BCUT2D eigenvalue weighted by molar-refractivity contribution is 7.99. The van der Waals surface area contributed by atoms with Crippen LogP contribution in [0.5, 0.6) is 0 Å². The lowest BCUT2D eigenvalue weighted by atomic mass is 9.87. The number of hydrogen-bond acceptors (Lipinski definition) is 4. The van der Waals surface area contributed by atoms with Crippen molar-refractivity contribution in [2.75, 3.05) is 36.9 Å². The van der Waals surface area contributed by atoms with Crippen molar-refractivity contribution in [3.63, 3.8) is 0 Å². The number of carbonyl (C=O) groups is 1. The molecule has 0 fully saturated rings. The monoisotopic (exact) mass is 335 g/mol. The fraction of sp³-hybridized carbons (Fsp3) is 0.611. The summed E-state index contributed by atoms with van der Waals surface area (Å²) in [7, 11) is 0. The van der Waals surface area contributed by atoms with Gasteiger partial charge >= 0.3 is 0 Å². The van der Waals surface area contributed by atoms with E-state index in [0.29, 0.717) is 5.75 Å². The van der Waals surface area contributed by atoms with Crippen molar-refractivity contribution in [3.05, 3.63) is 29.3 Å². The number of carbonyl (C=O) groups excluding carboxylic acids is 1. The third-order valence-corrected chi connectivity index (χ3v) is 5.43. The maximum atomic E-state index is 12.2. The Balaban J connectivity index is 1.78. The molecule has 0 saturated heterocycles. The second-order valence-corrected chi connectivity index (χ2v) is 7.16. The fourth-order valence-electron chi connectivity index (χ4n) is 3.12. The van der Waals surface area contributed by atoms with Gasteiger partial charge in [-0.1, -0.05) is 19.9 Å². The molecule has 1 unspecified atom stereocenters. The Morgan fingerprint density at radius 3 is 2.91 bits per heavy atom. The van der Waals surface area contributed by atoms with E-state index in [0.717, 1.165) is 50.3 Å². The molecule has 0 aliphatic heterocycles. The number of nitrogens with two attached hydrogens (primary N) is 1.